The molecule has 1 aliphatic heterocycles. The van der Waals surface area contributed by atoms with Crippen LogP contribution in [-0.4, -0.2) is 13.2 Å². The van der Waals surface area contributed by atoms with E-state index in [1.807, 2.05) is 0 Å². The molecule has 0 radical (unpaired) electrons. The Morgan fingerprint density at radius 1 is 1.36 bits per heavy atom. The first-order valence-electron chi connectivity index (χ1n) is 4.20. The lowest BCUT2D eigenvalue weighted by atomic mass is 9.73. The predicted molar refractivity (Wildman–Crippen MR) is 42.9 cm³/mol. The van der Waals surface area contributed by atoms with Crippen molar-refractivity contribution in [1.82, 2.24) is 0 Å². The predicted octanol–water partition coefficient (Wildman–Crippen LogP) is 1.96. The molecule has 0 bridgehead atoms. The van der Waals surface area contributed by atoms with Gasteiger partial charge in [-0.05, 0) is 18.8 Å². The van der Waals surface area contributed by atoms with Gasteiger partial charge in [0.2, 0.25) is 0 Å². The standard InChI is InChI=1S/C9H15NO/c1-8(2)9(7-10)3-5-11-6-4-9/h8H,3-6H2,1-2H3. The van der Waals surface area contributed by atoms with Gasteiger partial charge in [-0.2, -0.15) is 5.26 Å². The number of nitriles is 1. The second kappa shape index (κ2) is 3.23. The Bertz CT molecular complexity index is 163. The normalized spacial score (nSPS) is 23.1. The van der Waals surface area contributed by atoms with Crippen molar-refractivity contribution >= 4 is 0 Å². The molecule has 1 heterocycles. The van der Waals surface area contributed by atoms with Crippen LogP contribution in [0.1, 0.15) is 26.7 Å². The van der Waals surface area contributed by atoms with Gasteiger partial charge in [-0.15, -0.1) is 0 Å². The Kier molecular flexibility index (Phi) is 2.51. The van der Waals surface area contributed by atoms with Crippen LogP contribution in [0.15, 0.2) is 0 Å². The maximum Gasteiger partial charge on any atom is 0.0694 e. The van der Waals surface area contributed by atoms with Crippen molar-refractivity contribution in [3.05, 3.63) is 0 Å². The highest BCUT2D eigenvalue weighted by molar-refractivity contribution is 5.01. The van der Waals surface area contributed by atoms with Crippen molar-refractivity contribution < 1.29 is 4.74 Å². The molecule has 1 fully saturated rings. The molecule has 0 aliphatic carbocycles. The third-order valence-corrected chi connectivity index (χ3v) is 2.71. The van der Waals surface area contributed by atoms with E-state index in [1.54, 1.807) is 0 Å². The average Bonchev–Trinajstić information content (AvgIpc) is 2.05. The molecule has 1 aliphatic rings. The van der Waals surface area contributed by atoms with Gasteiger partial charge in [0.15, 0.2) is 0 Å². The molecule has 0 saturated carbocycles. The van der Waals surface area contributed by atoms with Gasteiger partial charge in [-0.1, -0.05) is 13.8 Å². The third-order valence-electron chi connectivity index (χ3n) is 2.71. The maximum atomic E-state index is 9.01. The van der Waals surface area contributed by atoms with Crippen LogP contribution in [0, 0.1) is 22.7 Å². The highest BCUT2D eigenvalue weighted by Gasteiger charge is 2.35. The van der Waals surface area contributed by atoms with Gasteiger partial charge >= 0.3 is 0 Å². The lowest BCUT2D eigenvalue weighted by Gasteiger charge is -2.34. The molecule has 1 rings (SSSR count). The second-order valence-electron chi connectivity index (χ2n) is 3.54. The van der Waals surface area contributed by atoms with Gasteiger partial charge in [-0.3, -0.25) is 0 Å². The van der Waals surface area contributed by atoms with Crippen molar-refractivity contribution in [3.63, 3.8) is 0 Å². The van der Waals surface area contributed by atoms with Crippen LogP contribution in [0.5, 0.6) is 0 Å². The second-order valence-corrected chi connectivity index (χ2v) is 3.54. The molecule has 2 nitrogen and oxygen atoms in total. The van der Waals surface area contributed by atoms with Crippen molar-refractivity contribution in [3.8, 4) is 6.07 Å². The molecule has 0 aromatic carbocycles. The van der Waals surface area contributed by atoms with E-state index in [4.69, 9.17) is 10.00 Å². The van der Waals surface area contributed by atoms with Crippen LogP contribution in [0.25, 0.3) is 0 Å². The molecule has 11 heavy (non-hydrogen) atoms. The van der Waals surface area contributed by atoms with Crippen LogP contribution >= 0.6 is 0 Å². The average molecular weight is 153 g/mol. The Morgan fingerprint density at radius 2 is 1.91 bits per heavy atom. The number of hydrogen-bond donors (Lipinski definition) is 0. The summed E-state index contributed by atoms with van der Waals surface area (Å²) in [6.45, 7) is 5.75. The van der Waals surface area contributed by atoms with E-state index in [9.17, 15) is 0 Å². The summed E-state index contributed by atoms with van der Waals surface area (Å²) in [4.78, 5) is 0. The molecule has 2 heteroatoms. The first-order chi connectivity index (χ1) is 5.21. The number of rotatable bonds is 1. The topological polar surface area (TPSA) is 33.0 Å². The smallest absolute Gasteiger partial charge is 0.0694 e. The van der Waals surface area contributed by atoms with E-state index < -0.39 is 0 Å². The highest BCUT2D eigenvalue weighted by atomic mass is 16.5. The summed E-state index contributed by atoms with van der Waals surface area (Å²) in [6.07, 6.45) is 1.81. The first kappa shape index (κ1) is 8.55. The SMILES string of the molecule is CC(C)C1(C#N)CCOCC1. The zero-order chi connectivity index (χ0) is 8.32. The summed E-state index contributed by atoms with van der Waals surface area (Å²) in [5.74, 6) is 0.455. The zero-order valence-electron chi connectivity index (χ0n) is 7.26. The number of nitrogens with zero attached hydrogens (tertiary/aromatic N) is 1. The Hall–Kier alpha value is -0.550. The van der Waals surface area contributed by atoms with Crippen molar-refractivity contribution in [2.45, 2.75) is 26.7 Å². The summed E-state index contributed by atoms with van der Waals surface area (Å²) < 4.78 is 5.23. The Morgan fingerprint density at radius 3 is 2.18 bits per heavy atom. The minimum absolute atomic E-state index is 0.0990. The molecule has 0 aromatic rings. The molecular formula is C9H15NO. The summed E-state index contributed by atoms with van der Waals surface area (Å²) in [6, 6.07) is 2.44. The van der Waals surface area contributed by atoms with Gasteiger partial charge in [0.1, 0.15) is 0 Å². The van der Waals surface area contributed by atoms with E-state index in [0.717, 1.165) is 26.1 Å². The van der Waals surface area contributed by atoms with E-state index in [0.29, 0.717) is 5.92 Å². The van der Waals surface area contributed by atoms with E-state index in [2.05, 4.69) is 19.9 Å². The molecule has 0 N–H and O–H groups in total. The zero-order valence-corrected chi connectivity index (χ0v) is 7.26. The highest BCUT2D eigenvalue weighted by Crippen LogP contribution is 2.36. The van der Waals surface area contributed by atoms with Gasteiger partial charge in [-0.25, -0.2) is 0 Å². The van der Waals surface area contributed by atoms with E-state index in [1.165, 1.54) is 0 Å². The third kappa shape index (κ3) is 1.54. The van der Waals surface area contributed by atoms with Crippen molar-refractivity contribution in [1.29, 1.82) is 5.26 Å². The number of ether oxygens (including phenoxy) is 1. The van der Waals surface area contributed by atoms with Crippen LogP contribution < -0.4 is 0 Å². The summed E-state index contributed by atoms with van der Waals surface area (Å²) in [5, 5.41) is 9.01. The van der Waals surface area contributed by atoms with Gasteiger partial charge in [0.25, 0.3) is 0 Å². The molecule has 62 valence electrons. The minimum Gasteiger partial charge on any atom is -0.381 e. The summed E-state index contributed by atoms with van der Waals surface area (Å²) in [7, 11) is 0. The van der Waals surface area contributed by atoms with Crippen molar-refractivity contribution in [2.24, 2.45) is 11.3 Å². The molecule has 0 atom stereocenters. The monoisotopic (exact) mass is 153 g/mol. The quantitative estimate of drug-likeness (QED) is 0.577. The molecule has 0 unspecified atom stereocenters. The van der Waals surface area contributed by atoms with Gasteiger partial charge < -0.3 is 4.74 Å². The molecule has 1 saturated heterocycles. The summed E-state index contributed by atoms with van der Waals surface area (Å²) in [5.41, 5.74) is -0.0990. The molecule has 0 amide bonds. The van der Waals surface area contributed by atoms with E-state index in [-0.39, 0.29) is 5.41 Å². The van der Waals surface area contributed by atoms with Crippen molar-refractivity contribution in [2.75, 3.05) is 13.2 Å². The molecule has 0 aromatic heterocycles. The maximum absolute atomic E-state index is 9.01. The van der Waals surface area contributed by atoms with Crippen LogP contribution in [-0.2, 0) is 4.74 Å². The lowest BCUT2D eigenvalue weighted by molar-refractivity contribution is 0.0205. The fraction of sp³-hybridized carbons (Fsp3) is 0.889. The van der Waals surface area contributed by atoms with Crippen LogP contribution in [0.2, 0.25) is 0 Å². The van der Waals surface area contributed by atoms with Gasteiger partial charge in [0, 0.05) is 13.2 Å². The Balaban J connectivity index is 2.67. The molecule has 0 spiro atoms. The largest absolute Gasteiger partial charge is 0.381 e. The number of hydrogen-bond acceptors (Lipinski definition) is 2. The van der Waals surface area contributed by atoms with E-state index >= 15 is 0 Å². The minimum atomic E-state index is -0.0990. The Labute approximate surface area is 68.2 Å². The summed E-state index contributed by atoms with van der Waals surface area (Å²) >= 11 is 0. The fourth-order valence-corrected chi connectivity index (χ4v) is 1.55. The van der Waals surface area contributed by atoms with Crippen LogP contribution in [0.3, 0.4) is 0 Å². The van der Waals surface area contributed by atoms with Gasteiger partial charge in [0.05, 0.1) is 11.5 Å². The first-order valence-corrected chi connectivity index (χ1v) is 4.20. The van der Waals surface area contributed by atoms with Crippen LogP contribution in [0.4, 0.5) is 0 Å². The lowest BCUT2D eigenvalue weighted by Crippen LogP contribution is -2.32. The fourth-order valence-electron chi connectivity index (χ4n) is 1.55. The molecular weight excluding hydrogens is 138 g/mol.